The smallest absolute Gasteiger partial charge is 0.228 e. The molecule has 0 aliphatic heterocycles. The molecule has 0 saturated heterocycles. The Morgan fingerprint density at radius 3 is 2.76 bits per heavy atom. The average Bonchev–Trinajstić information content (AvgIpc) is 3.11. The van der Waals surface area contributed by atoms with Gasteiger partial charge in [-0.15, -0.1) is 0 Å². The van der Waals surface area contributed by atoms with E-state index < -0.39 is 0 Å². The van der Waals surface area contributed by atoms with Gasteiger partial charge in [-0.1, -0.05) is 48.6 Å². The lowest BCUT2D eigenvalue weighted by atomic mass is 10.2. The predicted octanol–water partition coefficient (Wildman–Crippen LogP) is 5.02. The minimum atomic E-state index is 0.581. The molecule has 0 spiro atoms. The summed E-state index contributed by atoms with van der Waals surface area (Å²) >= 11 is 0. The Labute approximate surface area is 145 Å². The van der Waals surface area contributed by atoms with Gasteiger partial charge in [-0.25, -0.2) is 4.98 Å². The van der Waals surface area contributed by atoms with Gasteiger partial charge < -0.3 is 9.73 Å². The van der Waals surface area contributed by atoms with Crippen LogP contribution >= 0.6 is 0 Å². The summed E-state index contributed by atoms with van der Waals surface area (Å²) in [5.41, 5.74) is 4.46. The first-order chi connectivity index (χ1) is 12.4. The van der Waals surface area contributed by atoms with Crippen molar-refractivity contribution in [2.75, 3.05) is 11.9 Å². The standard InChI is InChI=1S/C21H17N3O/c1-2-7-16(8-3-1)9-5-13-22-18-11-4-10-17(15-18)21-24-20-19(25-21)12-6-14-23-20/h1-12,14-15,22H,13H2/b9-5-. The molecule has 4 heteroatoms. The lowest BCUT2D eigenvalue weighted by molar-refractivity contribution is 0.619. The van der Waals surface area contributed by atoms with Crippen molar-refractivity contribution in [3.63, 3.8) is 0 Å². The van der Waals surface area contributed by atoms with Crippen LogP contribution in [0.15, 0.2) is 83.4 Å². The molecule has 2 heterocycles. The normalized spacial score (nSPS) is 11.2. The lowest BCUT2D eigenvalue weighted by Crippen LogP contribution is -1.97. The molecule has 0 amide bonds. The highest BCUT2D eigenvalue weighted by molar-refractivity contribution is 5.73. The van der Waals surface area contributed by atoms with Crippen LogP contribution in [0, 0.1) is 0 Å². The van der Waals surface area contributed by atoms with Crippen molar-refractivity contribution in [2.24, 2.45) is 0 Å². The Morgan fingerprint density at radius 1 is 0.960 bits per heavy atom. The van der Waals surface area contributed by atoms with E-state index in [4.69, 9.17) is 4.42 Å². The highest BCUT2D eigenvalue weighted by Gasteiger charge is 2.08. The summed E-state index contributed by atoms with van der Waals surface area (Å²) in [4.78, 5) is 8.65. The number of nitrogens with one attached hydrogen (secondary N) is 1. The van der Waals surface area contributed by atoms with Crippen LogP contribution in [0.25, 0.3) is 28.8 Å². The third-order valence-corrected chi connectivity index (χ3v) is 3.81. The van der Waals surface area contributed by atoms with Gasteiger partial charge in [-0.05, 0) is 35.9 Å². The molecule has 0 bridgehead atoms. The Balaban J connectivity index is 1.47. The molecule has 2 aromatic heterocycles. The molecule has 0 radical (unpaired) electrons. The molecule has 1 N–H and O–H groups in total. The largest absolute Gasteiger partial charge is 0.434 e. The number of aromatic nitrogens is 2. The molecule has 2 aromatic carbocycles. The molecule has 4 rings (SSSR count). The molecule has 0 atom stereocenters. The minimum Gasteiger partial charge on any atom is -0.434 e. The number of hydrogen-bond donors (Lipinski definition) is 1. The lowest BCUT2D eigenvalue weighted by Gasteiger charge is -2.04. The van der Waals surface area contributed by atoms with Crippen molar-refractivity contribution in [3.05, 3.63) is 84.6 Å². The summed E-state index contributed by atoms with van der Waals surface area (Å²) in [7, 11) is 0. The number of rotatable bonds is 5. The summed E-state index contributed by atoms with van der Waals surface area (Å²) < 4.78 is 5.78. The number of hydrogen-bond acceptors (Lipinski definition) is 4. The van der Waals surface area contributed by atoms with E-state index in [0.29, 0.717) is 17.1 Å². The molecule has 4 aromatic rings. The van der Waals surface area contributed by atoms with Crippen molar-refractivity contribution >= 4 is 23.0 Å². The SMILES string of the molecule is C(=C/c1ccccc1)/CNc1cccc(-c2nc3ncccc3o2)c1. The van der Waals surface area contributed by atoms with Crippen LogP contribution in [0.3, 0.4) is 0 Å². The molecular weight excluding hydrogens is 310 g/mol. The number of nitrogens with zero attached hydrogens (tertiary/aromatic N) is 2. The van der Waals surface area contributed by atoms with Gasteiger partial charge in [-0.3, -0.25) is 0 Å². The molecular formula is C21H17N3O. The van der Waals surface area contributed by atoms with E-state index in [1.54, 1.807) is 6.20 Å². The zero-order valence-corrected chi connectivity index (χ0v) is 13.6. The first-order valence-corrected chi connectivity index (χ1v) is 8.16. The van der Waals surface area contributed by atoms with Gasteiger partial charge in [0.05, 0.1) is 0 Å². The van der Waals surface area contributed by atoms with Crippen molar-refractivity contribution in [2.45, 2.75) is 0 Å². The highest BCUT2D eigenvalue weighted by atomic mass is 16.3. The zero-order valence-electron chi connectivity index (χ0n) is 13.6. The van der Waals surface area contributed by atoms with Crippen LogP contribution in [0.4, 0.5) is 5.69 Å². The molecule has 122 valence electrons. The van der Waals surface area contributed by atoms with Crippen molar-refractivity contribution in [1.29, 1.82) is 0 Å². The molecule has 0 fully saturated rings. The Bertz CT molecular complexity index is 973. The molecule has 25 heavy (non-hydrogen) atoms. The van der Waals surface area contributed by atoms with Gasteiger partial charge in [0.25, 0.3) is 0 Å². The molecule has 4 nitrogen and oxygen atoms in total. The maximum absolute atomic E-state index is 5.78. The first kappa shape index (κ1) is 15.1. The number of oxazole rings is 1. The summed E-state index contributed by atoms with van der Waals surface area (Å²) in [5, 5.41) is 3.39. The van der Waals surface area contributed by atoms with Crippen LogP contribution in [0.1, 0.15) is 5.56 Å². The van der Waals surface area contributed by atoms with Crippen LogP contribution in [0.2, 0.25) is 0 Å². The van der Waals surface area contributed by atoms with E-state index in [2.05, 4.69) is 39.6 Å². The van der Waals surface area contributed by atoms with E-state index in [0.717, 1.165) is 17.8 Å². The van der Waals surface area contributed by atoms with E-state index in [-0.39, 0.29) is 0 Å². The third kappa shape index (κ3) is 3.58. The zero-order chi connectivity index (χ0) is 16.9. The second kappa shape index (κ2) is 7.01. The van der Waals surface area contributed by atoms with Crippen LogP contribution in [-0.4, -0.2) is 16.5 Å². The second-order valence-corrected chi connectivity index (χ2v) is 5.62. The van der Waals surface area contributed by atoms with Gasteiger partial charge in [0.15, 0.2) is 11.2 Å². The van der Waals surface area contributed by atoms with Gasteiger partial charge >= 0.3 is 0 Å². The van der Waals surface area contributed by atoms with Gasteiger partial charge in [-0.2, -0.15) is 4.98 Å². The molecule has 0 aliphatic rings. The van der Waals surface area contributed by atoms with Crippen LogP contribution in [-0.2, 0) is 0 Å². The van der Waals surface area contributed by atoms with Crippen molar-refractivity contribution in [1.82, 2.24) is 9.97 Å². The van der Waals surface area contributed by atoms with E-state index >= 15 is 0 Å². The average molecular weight is 327 g/mol. The third-order valence-electron chi connectivity index (χ3n) is 3.81. The monoisotopic (exact) mass is 327 g/mol. The maximum Gasteiger partial charge on any atom is 0.228 e. The first-order valence-electron chi connectivity index (χ1n) is 8.16. The van der Waals surface area contributed by atoms with E-state index in [1.165, 1.54) is 5.56 Å². The minimum absolute atomic E-state index is 0.581. The number of pyridine rings is 1. The quantitative estimate of drug-likeness (QED) is 0.559. The Kier molecular flexibility index (Phi) is 4.25. The summed E-state index contributed by atoms with van der Waals surface area (Å²) in [6.07, 6.45) is 5.92. The van der Waals surface area contributed by atoms with Crippen molar-refractivity contribution < 1.29 is 4.42 Å². The highest BCUT2D eigenvalue weighted by Crippen LogP contribution is 2.25. The van der Waals surface area contributed by atoms with Gasteiger partial charge in [0.2, 0.25) is 5.89 Å². The number of fused-ring (bicyclic) bond motifs is 1. The van der Waals surface area contributed by atoms with E-state index in [9.17, 15) is 0 Å². The maximum atomic E-state index is 5.78. The predicted molar refractivity (Wildman–Crippen MR) is 101 cm³/mol. The molecule has 0 aliphatic carbocycles. The fourth-order valence-corrected chi connectivity index (χ4v) is 2.59. The van der Waals surface area contributed by atoms with Crippen molar-refractivity contribution in [3.8, 4) is 11.5 Å². The number of benzene rings is 2. The van der Waals surface area contributed by atoms with Gasteiger partial charge in [0, 0.05) is 24.0 Å². The fourth-order valence-electron chi connectivity index (χ4n) is 2.59. The number of anilines is 1. The fraction of sp³-hybridized carbons (Fsp3) is 0.0476. The van der Waals surface area contributed by atoms with Crippen LogP contribution in [0.5, 0.6) is 0 Å². The molecule has 0 unspecified atom stereocenters. The van der Waals surface area contributed by atoms with Crippen LogP contribution < -0.4 is 5.32 Å². The summed E-state index contributed by atoms with van der Waals surface area (Å²) in [6.45, 7) is 0.744. The summed E-state index contributed by atoms with van der Waals surface area (Å²) in [5.74, 6) is 0.581. The topological polar surface area (TPSA) is 51.0 Å². The Morgan fingerprint density at radius 2 is 1.88 bits per heavy atom. The molecule has 0 saturated carbocycles. The second-order valence-electron chi connectivity index (χ2n) is 5.62. The van der Waals surface area contributed by atoms with E-state index in [1.807, 2.05) is 54.6 Å². The van der Waals surface area contributed by atoms with Gasteiger partial charge in [0.1, 0.15) is 0 Å². The summed E-state index contributed by atoms with van der Waals surface area (Å²) in [6, 6.07) is 22.0. The Hall–Kier alpha value is -3.40.